The Bertz CT molecular complexity index is 363. The third-order valence-corrected chi connectivity index (χ3v) is 2.92. The molecule has 0 spiro atoms. The molecule has 0 fully saturated rings. The summed E-state index contributed by atoms with van der Waals surface area (Å²) in [6.45, 7) is 7.73. The minimum Gasteiger partial charge on any atom is -0.348 e. The van der Waals surface area contributed by atoms with E-state index in [9.17, 15) is 0 Å². The molecule has 14 heavy (non-hydrogen) atoms. The molecule has 0 radical (unpaired) electrons. The van der Waals surface area contributed by atoms with Crippen molar-refractivity contribution >= 4 is 5.69 Å². The molecule has 2 rings (SSSR count). The van der Waals surface area contributed by atoms with Gasteiger partial charge in [0.25, 0.3) is 0 Å². The lowest BCUT2D eigenvalue weighted by Gasteiger charge is -2.34. The molecule has 74 valence electrons. The van der Waals surface area contributed by atoms with E-state index in [2.05, 4.69) is 62.2 Å². The predicted molar refractivity (Wildman–Crippen MR) is 61.6 cm³/mol. The van der Waals surface area contributed by atoms with E-state index in [0.29, 0.717) is 0 Å². The molecule has 1 aliphatic heterocycles. The molecule has 0 amide bonds. The average molecular weight is 187 g/mol. The van der Waals surface area contributed by atoms with Crippen LogP contribution < -0.4 is 4.90 Å². The zero-order valence-electron chi connectivity index (χ0n) is 9.12. The number of nitrogens with zero attached hydrogens (tertiary/aromatic N) is 1. The van der Waals surface area contributed by atoms with E-state index in [-0.39, 0.29) is 5.41 Å². The fourth-order valence-corrected chi connectivity index (χ4v) is 1.99. The largest absolute Gasteiger partial charge is 0.348 e. The van der Waals surface area contributed by atoms with Gasteiger partial charge in [0.15, 0.2) is 0 Å². The molecule has 0 saturated carbocycles. The highest BCUT2D eigenvalue weighted by molar-refractivity contribution is 5.62. The van der Waals surface area contributed by atoms with Crippen molar-refractivity contribution in [3.8, 4) is 0 Å². The topological polar surface area (TPSA) is 3.24 Å². The lowest BCUT2D eigenvalue weighted by Crippen LogP contribution is -2.27. The van der Waals surface area contributed by atoms with Gasteiger partial charge in [0, 0.05) is 23.8 Å². The maximum Gasteiger partial charge on any atom is 0.0447 e. The second kappa shape index (κ2) is 3.16. The van der Waals surface area contributed by atoms with E-state index >= 15 is 0 Å². The summed E-state index contributed by atoms with van der Waals surface area (Å²) >= 11 is 0. The number of fused-ring (bicyclic) bond motifs is 1. The Hall–Kier alpha value is -1.24. The Morgan fingerprint density at radius 3 is 2.64 bits per heavy atom. The first-order chi connectivity index (χ1) is 6.65. The lowest BCUT2D eigenvalue weighted by atomic mass is 9.81. The Kier molecular flexibility index (Phi) is 2.10. The number of para-hydroxylation sites is 1. The van der Waals surface area contributed by atoms with Crippen molar-refractivity contribution in [3.63, 3.8) is 0 Å². The van der Waals surface area contributed by atoms with Gasteiger partial charge in [-0.05, 0) is 18.6 Å². The van der Waals surface area contributed by atoms with Gasteiger partial charge in [0.2, 0.25) is 0 Å². The Morgan fingerprint density at radius 2 is 1.93 bits per heavy atom. The zero-order chi connectivity index (χ0) is 10.2. The monoisotopic (exact) mass is 187 g/mol. The zero-order valence-corrected chi connectivity index (χ0v) is 9.12. The molecule has 0 unspecified atom stereocenters. The smallest absolute Gasteiger partial charge is 0.0447 e. The molecule has 0 aliphatic carbocycles. The third-order valence-electron chi connectivity index (χ3n) is 2.92. The molecule has 1 aromatic carbocycles. The summed E-state index contributed by atoms with van der Waals surface area (Å²) in [5, 5.41) is 0. The number of benzene rings is 1. The molecule has 0 bridgehead atoms. The maximum atomic E-state index is 2.29. The summed E-state index contributed by atoms with van der Waals surface area (Å²) in [6.07, 6.45) is 4.47. The standard InChI is InChI=1S/C13H17N/c1-4-14-10-9-13(2,3)11-7-5-6-8-12(11)14/h5-10H,4H2,1-3H3. The summed E-state index contributed by atoms with van der Waals surface area (Å²) in [5.41, 5.74) is 2.94. The Labute approximate surface area is 86.1 Å². The first-order valence-electron chi connectivity index (χ1n) is 5.20. The van der Waals surface area contributed by atoms with Crippen molar-refractivity contribution in [3.05, 3.63) is 42.1 Å². The van der Waals surface area contributed by atoms with Crippen LogP contribution in [0.3, 0.4) is 0 Å². The molecule has 1 heteroatoms. The van der Waals surface area contributed by atoms with Gasteiger partial charge in [-0.2, -0.15) is 0 Å². The Morgan fingerprint density at radius 1 is 1.21 bits per heavy atom. The van der Waals surface area contributed by atoms with Crippen LogP contribution in [0.1, 0.15) is 26.3 Å². The highest BCUT2D eigenvalue weighted by atomic mass is 15.1. The SMILES string of the molecule is CCN1C=CC(C)(C)c2ccccc21. The average Bonchev–Trinajstić information content (AvgIpc) is 2.18. The molecule has 1 heterocycles. The van der Waals surface area contributed by atoms with Gasteiger partial charge in [-0.3, -0.25) is 0 Å². The number of anilines is 1. The van der Waals surface area contributed by atoms with Crippen LogP contribution in [0, 0.1) is 0 Å². The van der Waals surface area contributed by atoms with Crippen LogP contribution in [0.25, 0.3) is 0 Å². The van der Waals surface area contributed by atoms with Crippen molar-refractivity contribution in [2.24, 2.45) is 0 Å². The van der Waals surface area contributed by atoms with E-state index in [1.807, 2.05) is 0 Å². The lowest BCUT2D eigenvalue weighted by molar-refractivity contribution is 0.652. The first kappa shape index (κ1) is 9.32. The van der Waals surface area contributed by atoms with Gasteiger partial charge < -0.3 is 4.90 Å². The van der Waals surface area contributed by atoms with Crippen LogP contribution in [-0.4, -0.2) is 6.54 Å². The van der Waals surface area contributed by atoms with Gasteiger partial charge in [-0.15, -0.1) is 0 Å². The van der Waals surface area contributed by atoms with Gasteiger partial charge in [-0.25, -0.2) is 0 Å². The van der Waals surface area contributed by atoms with Gasteiger partial charge in [0.1, 0.15) is 0 Å². The second-order valence-electron chi connectivity index (χ2n) is 4.34. The van der Waals surface area contributed by atoms with Crippen LogP contribution in [0.2, 0.25) is 0 Å². The van der Waals surface area contributed by atoms with Gasteiger partial charge in [-0.1, -0.05) is 38.1 Å². The number of hydrogen-bond donors (Lipinski definition) is 0. The third kappa shape index (κ3) is 1.33. The van der Waals surface area contributed by atoms with Crippen molar-refractivity contribution in [2.75, 3.05) is 11.4 Å². The summed E-state index contributed by atoms with van der Waals surface area (Å²) < 4.78 is 0. The fourth-order valence-electron chi connectivity index (χ4n) is 1.99. The molecular formula is C13H17N. The summed E-state index contributed by atoms with van der Waals surface area (Å²) in [6, 6.07) is 8.65. The highest BCUT2D eigenvalue weighted by Crippen LogP contribution is 2.36. The molecule has 1 nitrogen and oxygen atoms in total. The van der Waals surface area contributed by atoms with E-state index in [0.717, 1.165) is 6.54 Å². The van der Waals surface area contributed by atoms with E-state index < -0.39 is 0 Å². The fraction of sp³-hybridized carbons (Fsp3) is 0.385. The molecule has 0 saturated heterocycles. The number of rotatable bonds is 1. The van der Waals surface area contributed by atoms with E-state index in [1.54, 1.807) is 0 Å². The summed E-state index contributed by atoms with van der Waals surface area (Å²) in [4.78, 5) is 2.29. The van der Waals surface area contributed by atoms with Crippen molar-refractivity contribution in [1.82, 2.24) is 0 Å². The minimum absolute atomic E-state index is 0.169. The quantitative estimate of drug-likeness (QED) is 0.652. The first-order valence-corrected chi connectivity index (χ1v) is 5.20. The Balaban J connectivity index is 2.56. The molecule has 0 aromatic heterocycles. The van der Waals surface area contributed by atoms with Crippen LogP contribution in [-0.2, 0) is 5.41 Å². The van der Waals surface area contributed by atoms with Gasteiger partial charge in [0.05, 0.1) is 0 Å². The molecule has 1 aliphatic rings. The predicted octanol–water partition coefficient (Wildman–Crippen LogP) is 3.32. The summed E-state index contributed by atoms with van der Waals surface area (Å²) in [7, 11) is 0. The summed E-state index contributed by atoms with van der Waals surface area (Å²) in [5.74, 6) is 0. The number of allylic oxidation sites excluding steroid dienone is 1. The van der Waals surface area contributed by atoms with E-state index in [1.165, 1.54) is 11.3 Å². The van der Waals surface area contributed by atoms with E-state index in [4.69, 9.17) is 0 Å². The van der Waals surface area contributed by atoms with Gasteiger partial charge >= 0.3 is 0 Å². The van der Waals surface area contributed by atoms with Crippen LogP contribution in [0.15, 0.2) is 36.5 Å². The van der Waals surface area contributed by atoms with Crippen molar-refractivity contribution in [1.29, 1.82) is 0 Å². The van der Waals surface area contributed by atoms with Crippen LogP contribution in [0.4, 0.5) is 5.69 Å². The maximum absolute atomic E-state index is 2.29. The highest BCUT2D eigenvalue weighted by Gasteiger charge is 2.25. The normalized spacial score (nSPS) is 18.1. The molecule has 1 aromatic rings. The molecular weight excluding hydrogens is 170 g/mol. The van der Waals surface area contributed by atoms with Crippen LogP contribution in [0.5, 0.6) is 0 Å². The molecule has 0 atom stereocenters. The minimum atomic E-state index is 0.169. The van der Waals surface area contributed by atoms with Crippen molar-refractivity contribution < 1.29 is 0 Å². The second-order valence-corrected chi connectivity index (χ2v) is 4.34. The van der Waals surface area contributed by atoms with Crippen molar-refractivity contribution in [2.45, 2.75) is 26.2 Å². The number of hydrogen-bond acceptors (Lipinski definition) is 1. The molecule has 0 N–H and O–H groups in total. The van der Waals surface area contributed by atoms with Crippen LogP contribution >= 0.6 is 0 Å².